The summed E-state index contributed by atoms with van der Waals surface area (Å²) in [7, 11) is 0. The number of allylic oxidation sites excluding steroid dienone is 1. The number of hydrogen-bond donors (Lipinski definition) is 2. The first-order valence-electron chi connectivity index (χ1n) is 8.00. The third-order valence-corrected chi connectivity index (χ3v) is 4.50. The molecule has 2 unspecified atom stereocenters. The third kappa shape index (κ3) is 3.68. The molecule has 2 N–H and O–H groups in total. The van der Waals surface area contributed by atoms with Crippen molar-refractivity contribution in [1.29, 1.82) is 0 Å². The van der Waals surface area contributed by atoms with E-state index in [-0.39, 0.29) is 30.1 Å². The molecular formula is C17H19F3N4O. The average molecular weight is 352 g/mol. The van der Waals surface area contributed by atoms with Crippen molar-refractivity contribution in [3.8, 4) is 0 Å². The second kappa shape index (κ2) is 6.51. The number of aliphatic imine (C=N–C) groups is 1. The minimum absolute atomic E-state index is 0.0406. The highest BCUT2D eigenvalue weighted by Crippen LogP contribution is 2.32. The lowest BCUT2D eigenvalue weighted by Gasteiger charge is -2.27. The van der Waals surface area contributed by atoms with Crippen molar-refractivity contribution >= 4 is 17.7 Å². The maximum Gasteiger partial charge on any atom is 0.433 e. The molecule has 0 fully saturated rings. The summed E-state index contributed by atoms with van der Waals surface area (Å²) in [6.45, 7) is 3.99. The van der Waals surface area contributed by atoms with Gasteiger partial charge in [-0.2, -0.15) is 23.4 Å². The van der Waals surface area contributed by atoms with E-state index >= 15 is 0 Å². The van der Waals surface area contributed by atoms with Crippen LogP contribution in [0.2, 0.25) is 0 Å². The van der Waals surface area contributed by atoms with Gasteiger partial charge in [0.05, 0.1) is 6.04 Å². The van der Waals surface area contributed by atoms with Crippen molar-refractivity contribution in [3.05, 3.63) is 41.6 Å². The number of nitrogens with zero attached hydrogens (tertiary/aromatic N) is 3. The molecule has 0 aromatic heterocycles. The Labute approximate surface area is 143 Å². The van der Waals surface area contributed by atoms with Crippen molar-refractivity contribution in [2.24, 2.45) is 16.0 Å². The molecule has 0 spiro atoms. The largest absolute Gasteiger partial charge is 0.433 e. The summed E-state index contributed by atoms with van der Waals surface area (Å²) in [5, 5.41) is 17.6. The van der Waals surface area contributed by atoms with Crippen LogP contribution in [0.3, 0.4) is 0 Å². The fraction of sp³-hybridized carbons (Fsp3) is 0.412. The molecule has 0 radical (unpaired) electrons. The van der Waals surface area contributed by atoms with Crippen molar-refractivity contribution < 1.29 is 18.4 Å². The van der Waals surface area contributed by atoms with E-state index in [0.29, 0.717) is 5.69 Å². The van der Waals surface area contributed by atoms with Gasteiger partial charge in [-0.3, -0.25) is 5.21 Å². The van der Waals surface area contributed by atoms with Crippen molar-refractivity contribution in [3.63, 3.8) is 0 Å². The lowest BCUT2D eigenvalue weighted by Crippen LogP contribution is -2.33. The Bertz CT molecular complexity index is 712. The van der Waals surface area contributed by atoms with Crippen molar-refractivity contribution in [2.75, 3.05) is 5.32 Å². The molecule has 5 nitrogen and oxygen atoms in total. The Morgan fingerprint density at radius 3 is 2.48 bits per heavy atom. The molecule has 0 saturated heterocycles. The summed E-state index contributed by atoms with van der Waals surface area (Å²) < 4.78 is 37.8. The second-order valence-corrected chi connectivity index (χ2v) is 6.32. The standard InChI is InChI=1S/C17H19F3N4O/c1-10-9-21-24(25)16(10)11(2)12-3-5-13(6-4-12)22-15-8-7-14(23-15)17(18,19)20/h3-7,9-11,16,25H,8H2,1-2H3,(H,22,23)/t10?,11-,16?/m1/s1. The first-order valence-corrected chi connectivity index (χ1v) is 8.00. The van der Waals surface area contributed by atoms with E-state index in [0.717, 1.165) is 16.8 Å². The van der Waals surface area contributed by atoms with Gasteiger partial charge in [-0.1, -0.05) is 26.0 Å². The summed E-state index contributed by atoms with van der Waals surface area (Å²) in [5.41, 5.74) is 0.816. The molecule has 1 aromatic rings. The number of anilines is 1. The van der Waals surface area contributed by atoms with Gasteiger partial charge in [0.2, 0.25) is 0 Å². The van der Waals surface area contributed by atoms with Crippen LogP contribution in [0.15, 0.2) is 46.1 Å². The molecule has 3 atom stereocenters. The number of hydrogen-bond acceptors (Lipinski definition) is 5. The van der Waals surface area contributed by atoms with Gasteiger partial charge in [0.15, 0.2) is 0 Å². The maximum absolute atomic E-state index is 12.6. The predicted octanol–water partition coefficient (Wildman–Crippen LogP) is 4.15. The minimum Gasteiger partial charge on any atom is -0.343 e. The van der Waals surface area contributed by atoms with E-state index in [1.165, 1.54) is 0 Å². The highest BCUT2D eigenvalue weighted by molar-refractivity contribution is 5.98. The highest BCUT2D eigenvalue weighted by atomic mass is 19.4. The summed E-state index contributed by atoms with van der Waals surface area (Å²) >= 11 is 0. The molecule has 8 heteroatoms. The Balaban J connectivity index is 1.66. The van der Waals surface area contributed by atoms with Crippen LogP contribution >= 0.6 is 0 Å². The van der Waals surface area contributed by atoms with Crippen LogP contribution in [0.4, 0.5) is 18.9 Å². The summed E-state index contributed by atoms with van der Waals surface area (Å²) in [6, 6.07) is 7.22. The number of alkyl halides is 3. The quantitative estimate of drug-likeness (QED) is 0.859. The SMILES string of the molecule is CC1C=NN(O)C1[C@H](C)c1ccc(NC2=NC(C(F)(F)F)=CC2)cc1. The van der Waals surface area contributed by atoms with Crippen molar-refractivity contribution in [2.45, 2.75) is 38.4 Å². The topological polar surface area (TPSA) is 60.2 Å². The molecule has 1 aromatic carbocycles. The Morgan fingerprint density at radius 2 is 1.96 bits per heavy atom. The lowest BCUT2D eigenvalue weighted by atomic mass is 9.87. The van der Waals surface area contributed by atoms with Crippen LogP contribution < -0.4 is 5.32 Å². The van der Waals surface area contributed by atoms with Gasteiger partial charge >= 0.3 is 6.18 Å². The fourth-order valence-electron chi connectivity index (χ4n) is 3.13. The zero-order valence-electron chi connectivity index (χ0n) is 13.8. The van der Waals surface area contributed by atoms with Crippen LogP contribution in [0.1, 0.15) is 31.7 Å². The molecule has 0 aliphatic carbocycles. The number of nitrogens with one attached hydrogen (secondary N) is 1. The third-order valence-electron chi connectivity index (χ3n) is 4.50. The normalized spacial score (nSPS) is 24.3. The molecule has 134 valence electrons. The molecule has 2 heterocycles. The van der Waals surface area contributed by atoms with Crippen LogP contribution in [0.25, 0.3) is 0 Å². The van der Waals surface area contributed by atoms with Gasteiger partial charge in [-0.15, -0.1) is 0 Å². The highest BCUT2D eigenvalue weighted by Gasteiger charge is 2.36. The molecule has 0 saturated carbocycles. The van der Waals surface area contributed by atoms with Gasteiger partial charge in [-0.05, 0) is 23.8 Å². The number of hydrazone groups is 1. The number of benzene rings is 1. The summed E-state index contributed by atoms with van der Waals surface area (Å²) in [6.07, 6.45) is -1.51. The zero-order chi connectivity index (χ0) is 18.2. The fourth-order valence-corrected chi connectivity index (χ4v) is 3.13. The maximum atomic E-state index is 12.6. The minimum atomic E-state index is -4.42. The van der Waals surface area contributed by atoms with E-state index in [4.69, 9.17) is 0 Å². The van der Waals surface area contributed by atoms with Gasteiger partial charge < -0.3 is 5.32 Å². The van der Waals surface area contributed by atoms with Crippen LogP contribution in [-0.2, 0) is 0 Å². The van der Waals surface area contributed by atoms with Crippen molar-refractivity contribution in [1.82, 2.24) is 5.17 Å². The number of hydroxylamine groups is 1. The zero-order valence-corrected chi connectivity index (χ0v) is 13.8. The molecule has 3 rings (SSSR count). The molecule has 0 bridgehead atoms. The summed E-state index contributed by atoms with van der Waals surface area (Å²) in [5.74, 6) is 0.434. The molecule has 0 amide bonds. The Morgan fingerprint density at radius 1 is 1.28 bits per heavy atom. The number of halogens is 3. The Kier molecular flexibility index (Phi) is 4.55. The molecular weight excluding hydrogens is 333 g/mol. The Hall–Kier alpha value is -2.35. The van der Waals surface area contributed by atoms with Gasteiger partial charge in [0, 0.05) is 30.2 Å². The van der Waals surface area contributed by atoms with Crippen LogP contribution in [0.5, 0.6) is 0 Å². The van der Waals surface area contributed by atoms with E-state index in [2.05, 4.69) is 15.4 Å². The van der Waals surface area contributed by atoms with Gasteiger partial charge in [-0.25, -0.2) is 4.99 Å². The van der Waals surface area contributed by atoms with E-state index in [1.54, 1.807) is 18.3 Å². The van der Waals surface area contributed by atoms with Gasteiger partial charge in [0.1, 0.15) is 11.5 Å². The molecule has 25 heavy (non-hydrogen) atoms. The summed E-state index contributed by atoms with van der Waals surface area (Å²) in [4.78, 5) is 3.58. The van der Waals surface area contributed by atoms with E-state index < -0.39 is 11.9 Å². The lowest BCUT2D eigenvalue weighted by molar-refractivity contribution is -0.127. The van der Waals surface area contributed by atoms with Crippen LogP contribution in [0, 0.1) is 5.92 Å². The monoisotopic (exact) mass is 352 g/mol. The second-order valence-electron chi connectivity index (χ2n) is 6.32. The number of rotatable bonds is 3. The molecule has 2 aliphatic heterocycles. The average Bonchev–Trinajstić information content (AvgIpc) is 3.14. The number of amidine groups is 1. The van der Waals surface area contributed by atoms with E-state index in [1.807, 2.05) is 26.0 Å². The first kappa shape index (κ1) is 17.5. The first-order chi connectivity index (χ1) is 11.8. The predicted molar refractivity (Wildman–Crippen MR) is 89.7 cm³/mol. The molecule has 2 aliphatic rings. The smallest absolute Gasteiger partial charge is 0.343 e. The van der Waals surface area contributed by atoms with E-state index in [9.17, 15) is 18.4 Å². The van der Waals surface area contributed by atoms with Crippen LogP contribution in [-0.4, -0.2) is 34.6 Å². The van der Waals surface area contributed by atoms with Gasteiger partial charge in [0.25, 0.3) is 0 Å².